The van der Waals surface area contributed by atoms with Gasteiger partial charge in [-0.3, -0.25) is 4.84 Å². The lowest BCUT2D eigenvalue weighted by atomic mass is 10.2. The minimum absolute atomic E-state index is 0.0909. The van der Waals surface area contributed by atoms with Gasteiger partial charge in [0, 0.05) is 6.54 Å². The van der Waals surface area contributed by atoms with E-state index < -0.39 is 18.6 Å². The monoisotopic (exact) mass is 218 g/mol. The van der Waals surface area contributed by atoms with Gasteiger partial charge in [-0.05, 0) is 12.8 Å². The number of amides is 2. The molecule has 0 aliphatic carbocycles. The van der Waals surface area contributed by atoms with E-state index >= 15 is 0 Å². The summed E-state index contributed by atoms with van der Waals surface area (Å²) in [6, 6.07) is -0.703. The Hall–Kier alpha value is -1.34. The lowest BCUT2D eigenvalue weighted by Crippen LogP contribution is -2.44. The molecule has 0 spiro atoms. The summed E-state index contributed by atoms with van der Waals surface area (Å²) in [6.45, 7) is -0.122. The average molecular weight is 218 g/mol. The lowest BCUT2D eigenvalue weighted by molar-refractivity contribution is -0.144. The second-order valence-corrected chi connectivity index (χ2v) is 3.26. The van der Waals surface area contributed by atoms with E-state index in [1.807, 2.05) is 5.48 Å². The van der Waals surface area contributed by atoms with Crippen LogP contribution < -0.4 is 5.48 Å². The van der Waals surface area contributed by atoms with Crippen LogP contribution >= 0.6 is 0 Å². The molecular weight excluding hydrogens is 204 g/mol. The Labute approximate surface area is 86.6 Å². The van der Waals surface area contributed by atoms with Crippen LogP contribution in [-0.2, 0) is 9.63 Å². The van der Waals surface area contributed by atoms with Crippen molar-refractivity contribution in [3.8, 4) is 0 Å². The second kappa shape index (κ2) is 5.52. The van der Waals surface area contributed by atoms with Gasteiger partial charge in [-0.2, -0.15) is 0 Å². The van der Waals surface area contributed by atoms with Crippen molar-refractivity contribution in [3.63, 3.8) is 0 Å². The number of hydrogen-bond donors (Lipinski definition) is 3. The first-order chi connectivity index (χ1) is 7.15. The predicted molar refractivity (Wildman–Crippen MR) is 48.9 cm³/mol. The fourth-order valence-corrected chi connectivity index (χ4v) is 1.51. The SMILES string of the molecule is O=C(O)CONC(=O)N1CCCC1CO. The smallest absolute Gasteiger partial charge is 0.341 e. The van der Waals surface area contributed by atoms with Gasteiger partial charge in [-0.1, -0.05) is 0 Å². The Balaban J connectivity index is 2.29. The lowest BCUT2D eigenvalue weighted by Gasteiger charge is -2.22. The summed E-state index contributed by atoms with van der Waals surface area (Å²) in [6.07, 6.45) is 1.58. The highest BCUT2D eigenvalue weighted by atomic mass is 16.7. The zero-order chi connectivity index (χ0) is 11.3. The molecule has 7 heteroatoms. The molecule has 0 radical (unpaired) electrons. The fourth-order valence-electron chi connectivity index (χ4n) is 1.51. The van der Waals surface area contributed by atoms with Crippen molar-refractivity contribution in [2.24, 2.45) is 0 Å². The number of hydrogen-bond acceptors (Lipinski definition) is 4. The molecule has 1 heterocycles. The van der Waals surface area contributed by atoms with Gasteiger partial charge in [0.25, 0.3) is 0 Å². The van der Waals surface area contributed by atoms with Crippen molar-refractivity contribution in [1.82, 2.24) is 10.4 Å². The van der Waals surface area contributed by atoms with Crippen LogP contribution in [0.5, 0.6) is 0 Å². The molecule has 0 aromatic rings. The Bertz CT molecular complexity index is 245. The molecule has 0 saturated carbocycles. The van der Waals surface area contributed by atoms with Crippen molar-refractivity contribution < 1.29 is 24.6 Å². The molecule has 15 heavy (non-hydrogen) atoms. The maximum absolute atomic E-state index is 11.4. The van der Waals surface area contributed by atoms with Gasteiger partial charge in [0.1, 0.15) is 0 Å². The number of carboxylic acid groups (broad SMARTS) is 1. The van der Waals surface area contributed by atoms with Crippen LogP contribution in [0.25, 0.3) is 0 Å². The van der Waals surface area contributed by atoms with Gasteiger partial charge in [0.2, 0.25) is 0 Å². The third-order valence-corrected chi connectivity index (χ3v) is 2.20. The number of urea groups is 1. The minimum atomic E-state index is -1.16. The zero-order valence-electron chi connectivity index (χ0n) is 8.18. The highest BCUT2D eigenvalue weighted by Crippen LogP contribution is 2.16. The van der Waals surface area contributed by atoms with E-state index in [9.17, 15) is 9.59 Å². The number of carboxylic acids is 1. The molecule has 3 N–H and O–H groups in total. The summed E-state index contributed by atoms with van der Waals surface area (Å²) in [5.74, 6) is -1.16. The van der Waals surface area contributed by atoms with Gasteiger partial charge in [0.15, 0.2) is 6.61 Å². The maximum Gasteiger partial charge on any atom is 0.341 e. The molecular formula is C8H14N2O5. The van der Waals surface area contributed by atoms with E-state index in [2.05, 4.69) is 4.84 Å². The van der Waals surface area contributed by atoms with Crippen molar-refractivity contribution in [2.75, 3.05) is 19.8 Å². The third-order valence-electron chi connectivity index (χ3n) is 2.20. The molecule has 86 valence electrons. The number of carbonyl (C=O) groups excluding carboxylic acids is 1. The Morgan fingerprint density at radius 2 is 2.27 bits per heavy atom. The number of hydroxylamine groups is 1. The van der Waals surface area contributed by atoms with Gasteiger partial charge >= 0.3 is 12.0 Å². The first-order valence-corrected chi connectivity index (χ1v) is 4.66. The van der Waals surface area contributed by atoms with Gasteiger partial charge in [-0.15, -0.1) is 0 Å². The third kappa shape index (κ3) is 3.37. The standard InChI is InChI=1S/C8H14N2O5/c11-4-6-2-1-3-10(6)8(14)9-15-5-7(12)13/h6,11H,1-5H2,(H,9,14)(H,12,13). The fraction of sp³-hybridized carbons (Fsp3) is 0.750. The molecule has 1 unspecified atom stereocenters. The quantitative estimate of drug-likeness (QED) is 0.535. The van der Waals surface area contributed by atoms with E-state index in [-0.39, 0.29) is 12.6 Å². The summed E-state index contributed by atoms with van der Waals surface area (Å²) in [5.41, 5.74) is 2.02. The Morgan fingerprint density at radius 3 is 2.87 bits per heavy atom. The summed E-state index contributed by atoms with van der Waals surface area (Å²) < 4.78 is 0. The van der Waals surface area contributed by atoms with E-state index in [0.29, 0.717) is 6.54 Å². The summed E-state index contributed by atoms with van der Waals surface area (Å²) >= 11 is 0. The van der Waals surface area contributed by atoms with Crippen molar-refractivity contribution >= 4 is 12.0 Å². The normalized spacial score (nSPS) is 20.3. The number of nitrogens with zero attached hydrogens (tertiary/aromatic N) is 1. The van der Waals surface area contributed by atoms with Crippen LogP contribution in [-0.4, -0.2) is 52.9 Å². The van der Waals surface area contributed by atoms with Crippen molar-refractivity contribution in [3.05, 3.63) is 0 Å². The predicted octanol–water partition coefficient (Wildman–Crippen LogP) is -0.831. The Morgan fingerprint density at radius 1 is 1.53 bits per heavy atom. The number of carbonyl (C=O) groups is 2. The van der Waals surface area contributed by atoms with Crippen LogP contribution in [0, 0.1) is 0 Å². The number of likely N-dealkylation sites (tertiary alicyclic amines) is 1. The van der Waals surface area contributed by atoms with Crippen LogP contribution in [0.4, 0.5) is 4.79 Å². The van der Waals surface area contributed by atoms with Gasteiger partial charge in [-0.25, -0.2) is 15.1 Å². The minimum Gasteiger partial charge on any atom is -0.479 e. The number of aliphatic hydroxyl groups is 1. The molecule has 1 rings (SSSR count). The molecule has 1 saturated heterocycles. The summed E-state index contributed by atoms with van der Waals surface area (Å²) in [4.78, 5) is 27.3. The first kappa shape index (κ1) is 11.7. The second-order valence-electron chi connectivity index (χ2n) is 3.26. The van der Waals surface area contributed by atoms with Crippen LogP contribution in [0.15, 0.2) is 0 Å². The van der Waals surface area contributed by atoms with Crippen LogP contribution in [0.1, 0.15) is 12.8 Å². The van der Waals surface area contributed by atoms with Crippen molar-refractivity contribution in [2.45, 2.75) is 18.9 Å². The largest absolute Gasteiger partial charge is 0.479 e. The van der Waals surface area contributed by atoms with Crippen LogP contribution in [0.3, 0.4) is 0 Å². The molecule has 7 nitrogen and oxygen atoms in total. The van der Waals surface area contributed by atoms with E-state index in [1.54, 1.807) is 0 Å². The molecule has 0 aromatic carbocycles. The van der Waals surface area contributed by atoms with Crippen LogP contribution in [0.2, 0.25) is 0 Å². The molecule has 1 aliphatic heterocycles. The van der Waals surface area contributed by atoms with Gasteiger partial charge < -0.3 is 15.1 Å². The average Bonchev–Trinajstić information content (AvgIpc) is 2.64. The number of aliphatic carboxylic acids is 1. The number of aliphatic hydroxyl groups excluding tert-OH is 1. The Kier molecular flexibility index (Phi) is 4.32. The van der Waals surface area contributed by atoms with E-state index in [4.69, 9.17) is 10.2 Å². The molecule has 0 bridgehead atoms. The van der Waals surface area contributed by atoms with E-state index in [1.165, 1.54) is 4.90 Å². The number of nitrogens with one attached hydrogen (secondary N) is 1. The molecule has 1 atom stereocenters. The molecule has 0 aromatic heterocycles. The summed E-state index contributed by atoms with van der Waals surface area (Å²) in [5, 5.41) is 17.2. The molecule has 2 amide bonds. The number of rotatable bonds is 4. The zero-order valence-corrected chi connectivity index (χ0v) is 8.18. The maximum atomic E-state index is 11.4. The van der Waals surface area contributed by atoms with Gasteiger partial charge in [0.05, 0.1) is 12.6 Å². The topological polar surface area (TPSA) is 99.1 Å². The molecule has 1 aliphatic rings. The first-order valence-electron chi connectivity index (χ1n) is 4.66. The summed E-state index contributed by atoms with van der Waals surface area (Å²) in [7, 11) is 0. The molecule has 1 fully saturated rings. The highest BCUT2D eigenvalue weighted by Gasteiger charge is 2.28. The van der Waals surface area contributed by atoms with E-state index in [0.717, 1.165) is 12.8 Å². The highest BCUT2D eigenvalue weighted by molar-refractivity contribution is 5.74. The van der Waals surface area contributed by atoms with Crippen molar-refractivity contribution in [1.29, 1.82) is 0 Å².